The van der Waals surface area contributed by atoms with Gasteiger partial charge in [0.2, 0.25) is 12.7 Å². The van der Waals surface area contributed by atoms with E-state index in [0.717, 1.165) is 41.0 Å². The summed E-state index contributed by atoms with van der Waals surface area (Å²) in [5.74, 6) is -1.95. The summed E-state index contributed by atoms with van der Waals surface area (Å²) in [5, 5.41) is 23.0. The monoisotopic (exact) mass is 820 g/mol. The number of imide groups is 1. The number of ether oxygens (including phenoxy) is 2. The second-order valence-electron chi connectivity index (χ2n) is 13.6. The normalized spacial score (nSPS) is 18.2. The maximum atomic E-state index is 14.1. The number of piperidine rings is 1. The summed E-state index contributed by atoms with van der Waals surface area (Å²) in [6, 6.07) is 17.6. The number of aliphatic carboxylic acids is 1. The van der Waals surface area contributed by atoms with E-state index in [2.05, 4.69) is 12.4 Å². The van der Waals surface area contributed by atoms with E-state index >= 15 is 0 Å². The zero-order valence-electron chi connectivity index (χ0n) is 30.2. The maximum absolute atomic E-state index is 14.1. The second kappa shape index (κ2) is 17.2. The Morgan fingerprint density at radius 1 is 1.05 bits per heavy atom. The van der Waals surface area contributed by atoms with Crippen molar-refractivity contribution in [3.05, 3.63) is 94.9 Å². The van der Waals surface area contributed by atoms with Gasteiger partial charge < -0.3 is 44.2 Å². The smallest absolute Gasteiger partial charge is 0.430 e. The van der Waals surface area contributed by atoms with Gasteiger partial charge in [-0.15, -0.1) is 11.3 Å². The SMILES string of the molecule is Cc1csc(S(=O)(=O)Oc2ccc(NC(=O)N(C(=O)[C@@H](N)Cc3ccc(O)cc3)[C@H]3CCC[N+](C)(Cc4ccc5c(c4)OCO5)C3)cc2)c1.O=C([O-])C(F)(F)F. The fourth-order valence-corrected chi connectivity index (χ4v) is 8.43. The summed E-state index contributed by atoms with van der Waals surface area (Å²) in [6.07, 6.45) is -3.64. The van der Waals surface area contributed by atoms with Gasteiger partial charge in [0.15, 0.2) is 15.7 Å². The first-order valence-corrected chi connectivity index (χ1v) is 19.4. The van der Waals surface area contributed by atoms with Crippen molar-refractivity contribution >= 4 is 45.0 Å². The number of nitrogens with one attached hydrogen (secondary N) is 1. The quantitative estimate of drug-likeness (QED) is 0.152. The third-order valence-corrected chi connectivity index (χ3v) is 11.7. The van der Waals surface area contributed by atoms with Crippen LogP contribution in [0.5, 0.6) is 23.0 Å². The number of carbonyl (C=O) groups is 3. The molecule has 19 heteroatoms. The average Bonchev–Trinajstić information content (AvgIpc) is 3.79. The van der Waals surface area contributed by atoms with Gasteiger partial charge in [-0.3, -0.25) is 9.69 Å². The van der Waals surface area contributed by atoms with Crippen LogP contribution < -0.4 is 29.8 Å². The molecule has 1 fully saturated rings. The molecule has 3 amide bonds. The molecule has 3 aromatic carbocycles. The number of quaternary nitrogens is 1. The number of hydrogen-bond acceptors (Lipinski definition) is 12. The van der Waals surface area contributed by atoms with Crippen molar-refractivity contribution in [1.82, 2.24) is 4.90 Å². The number of anilines is 1. The number of aryl methyl sites for hydroxylation is 1. The summed E-state index contributed by atoms with van der Waals surface area (Å²) in [7, 11) is -1.90. The number of nitrogens with two attached hydrogens (primary N) is 1. The Hall–Kier alpha value is -5.37. The number of fused-ring (bicyclic) bond motifs is 1. The zero-order chi connectivity index (χ0) is 40.8. The van der Waals surface area contributed by atoms with Gasteiger partial charge in [0.1, 0.15) is 30.6 Å². The highest BCUT2D eigenvalue weighted by Crippen LogP contribution is 2.34. The molecular formula is C37H39F3N4O10S2. The van der Waals surface area contributed by atoms with Crippen molar-refractivity contribution in [3.8, 4) is 23.0 Å². The Morgan fingerprint density at radius 2 is 1.70 bits per heavy atom. The van der Waals surface area contributed by atoms with E-state index in [4.69, 9.17) is 29.3 Å². The number of benzene rings is 3. The topological polar surface area (TPSA) is 198 Å². The summed E-state index contributed by atoms with van der Waals surface area (Å²) in [5.41, 5.74) is 9.42. The fraction of sp³-hybridized carbons (Fsp3) is 0.324. The third kappa shape index (κ3) is 10.9. The molecule has 56 heavy (non-hydrogen) atoms. The number of hydrogen-bond donors (Lipinski definition) is 3. The number of urea groups is 1. The summed E-state index contributed by atoms with van der Waals surface area (Å²) in [6.45, 7) is 4.00. The Labute approximate surface area is 324 Å². The van der Waals surface area contributed by atoms with Crippen LogP contribution in [0, 0.1) is 6.92 Å². The molecule has 1 saturated heterocycles. The highest BCUT2D eigenvalue weighted by atomic mass is 32.3. The lowest BCUT2D eigenvalue weighted by Gasteiger charge is -2.44. The minimum Gasteiger partial charge on any atom is -0.542 e. The number of phenolic OH excluding ortho intramolecular Hbond substituents is 1. The zero-order valence-corrected chi connectivity index (χ0v) is 31.8. The lowest BCUT2D eigenvalue weighted by atomic mass is 9.98. The number of carbonyl (C=O) groups excluding carboxylic acids is 3. The number of amides is 3. The second-order valence-corrected chi connectivity index (χ2v) is 16.3. The first-order chi connectivity index (χ1) is 26.3. The molecular weight excluding hydrogens is 782 g/mol. The van der Waals surface area contributed by atoms with Crippen LogP contribution in [0.2, 0.25) is 0 Å². The van der Waals surface area contributed by atoms with Crippen LogP contribution in [-0.2, 0) is 32.7 Å². The molecule has 14 nitrogen and oxygen atoms in total. The molecule has 3 atom stereocenters. The molecule has 0 spiro atoms. The van der Waals surface area contributed by atoms with Crippen LogP contribution in [0.3, 0.4) is 0 Å². The molecule has 0 radical (unpaired) electrons. The highest BCUT2D eigenvalue weighted by Gasteiger charge is 2.41. The molecule has 1 aromatic heterocycles. The van der Waals surface area contributed by atoms with Gasteiger partial charge in [0.25, 0.3) is 0 Å². The predicted octanol–water partition coefficient (Wildman–Crippen LogP) is 4.30. The molecule has 2 aliphatic heterocycles. The lowest BCUT2D eigenvalue weighted by molar-refractivity contribution is -0.928. The molecule has 2 aliphatic rings. The van der Waals surface area contributed by atoms with Crippen LogP contribution in [0.1, 0.15) is 29.5 Å². The minimum atomic E-state index is -5.19. The van der Waals surface area contributed by atoms with Gasteiger partial charge in [0.05, 0.1) is 25.7 Å². The summed E-state index contributed by atoms with van der Waals surface area (Å²) >= 11 is 1.07. The number of carboxylic acid groups (broad SMARTS) is 1. The Bertz CT molecular complexity index is 2150. The summed E-state index contributed by atoms with van der Waals surface area (Å²) < 4.78 is 73.9. The first-order valence-electron chi connectivity index (χ1n) is 17.1. The Balaban J connectivity index is 0.000000784. The van der Waals surface area contributed by atoms with Crippen LogP contribution in [0.25, 0.3) is 0 Å². The van der Waals surface area contributed by atoms with Gasteiger partial charge in [0, 0.05) is 11.3 Å². The number of halogens is 3. The number of aromatic hydroxyl groups is 1. The maximum Gasteiger partial charge on any atom is 0.430 e. The average molecular weight is 821 g/mol. The molecule has 6 rings (SSSR count). The number of likely N-dealkylation sites (N-methyl/N-ethyl adjacent to an activating group) is 1. The van der Waals surface area contributed by atoms with E-state index in [0.29, 0.717) is 41.2 Å². The lowest BCUT2D eigenvalue weighted by Crippen LogP contribution is -2.62. The van der Waals surface area contributed by atoms with Crippen LogP contribution in [0.4, 0.5) is 23.7 Å². The van der Waals surface area contributed by atoms with Gasteiger partial charge in [-0.2, -0.15) is 21.6 Å². The van der Waals surface area contributed by atoms with Crippen LogP contribution in [0.15, 0.2) is 82.4 Å². The molecule has 0 aliphatic carbocycles. The molecule has 0 saturated carbocycles. The molecule has 4 aromatic rings. The van der Waals surface area contributed by atoms with Gasteiger partial charge in [-0.1, -0.05) is 12.1 Å². The highest BCUT2D eigenvalue weighted by molar-refractivity contribution is 7.89. The van der Waals surface area contributed by atoms with E-state index in [1.165, 1.54) is 47.4 Å². The largest absolute Gasteiger partial charge is 0.542 e. The number of nitrogens with zero attached hydrogens (tertiary/aromatic N) is 2. The molecule has 300 valence electrons. The molecule has 0 bridgehead atoms. The van der Waals surface area contributed by atoms with E-state index < -0.39 is 46.3 Å². The third-order valence-electron chi connectivity index (χ3n) is 8.91. The van der Waals surface area contributed by atoms with E-state index in [1.807, 2.05) is 18.2 Å². The van der Waals surface area contributed by atoms with E-state index in [9.17, 15) is 36.3 Å². The van der Waals surface area contributed by atoms with Crippen LogP contribution in [-0.4, -0.2) is 86.0 Å². The number of rotatable bonds is 10. The van der Waals surface area contributed by atoms with Gasteiger partial charge >= 0.3 is 22.3 Å². The van der Waals surface area contributed by atoms with Gasteiger partial charge in [-0.05, 0) is 103 Å². The first kappa shape index (κ1) is 41.8. The van der Waals surface area contributed by atoms with Gasteiger partial charge in [-0.25, -0.2) is 4.79 Å². The van der Waals surface area contributed by atoms with Crippen LogP contribution >= 0.6 is 11.3 Å². The number of alkyl halides is 3. The molecule has 3 heterocycles. The number of carboxylic acids is 1. The van der Waals surface area contributed by atoms with E-state index in [1.54, 1.807) is 24.4 Å². The standard InChI is InChI=1S/C35H38N4O8S2.C2HF3O2/c1-23-16-33(48-21-23)49(43,44)47-29-12-8-26(9-13-29)37-35(42)38(34(41)30(36)17-24-5-10-28(40)11-6-24)27-4-3-15-39(2,20-27)19-25-7-14-31-32(18-25)46-22-45-31;3-2(4,5)1(6)7/h5-14,16,18,21,27,30H,3-4,15,17,19-20,22,36H2,1-2H3,(H-,37,40,42);(H,6,7)/t27-,30-,39?;/m0./s1. The number of phenols is 1. The molecule has 4 N–H and O–H groups in total. The fourth-order valence-electron chi connectivity index (χ4n) is 6.31. The number of likely N-dealkylation sites (tertiary alicyclic amines) is 1. The Kier molecular flexibility index (Phi) is 12.8. The van der Waals surface area contributed by atoms with Crippen molar-refractivity contribution in [1.29, 1.82) is 0 Å². The number of thiophene rings is 1. The van der Waals surface area contributed by atoms with Crippen molar-refractivity contribution < 1.29 is 64.3 Å². The molecule has 1 unspecified atom stereocenters. The Morgan fingerprint density at radius 3 is 2.32 bits per heavy atom. The van der Waals surface area contributed by atoms with Crippen molar-refractivity contribution in [2.75, 3.05) is 32.2 Å². The van der Waals surface area contributed by atoms with Crippen molar-refractivity contribution in [2.45, 2.75) is 55.2 Å². The minimum absolute atomic E-state index is 0.0803. The predicted molar refractivity (Wildman–Crippen MR) is 195 cm³/mol. The summed E-state index contributed by atoms with van der Waals surface area (Å²) in [4.78, 5) is 38.1. The van der Waals surface area contributed by atoms with Crippen molar-refractivity contribution in [2.24, 2.45) is 5.73 Å². The van der Waals surface area contributed by atoms with Crippen molar-refractivity contribution in [3.63, 3.8) is 0 Å². The van der Waals surface area contributed by atoms with E-state index in [-0.39, 0.29) is 28.9 Å².